The van der Waals surface area contributed by atoms with Gasteiger partial charge in [0.25, 0.3) is 0 Å². The smallest absolute Gasteiger partial charge is 0.408 e. The number of hydrogen-bond acceptors (Lipinski definition) is 4. The molecule has 0 aromatic heterocycles. The molecule has 2 rings (SSSR count). The molecule has 2 N–H and O–H groups in total. The first kappa shape index (κ1) is 32.9. The van der Waals surface area contributed by atoms with Gasteiger partial charge in [-0.3, -0.25) is 9.59 Å². The number of carbonyl (C=O) groups is 3. The molecule has 2 aromatic rings. The molecule has 0 bridgehead atoms. The number of hydrogen-bond donors (Lipinski definition) is 2. The highest BCUT2D eigenvalue weighted by atomic mass is 16.6. The predicted octanol–water partition coefficient (Wildman–Crippen LogP) is 6.41. The Bertz CT molecular complexity index is 1130. The van der Waals surface area contributed by atoms with Crippen LogP contribution in [-0.2, 0) is 20.7 Å². The van der Waals surface area contributed by atoms with Crippen molar-refractivity contribution in [1.82, 2.24) is 15.5 Å². The molecule has 220 valence electrons. The Morgan fingerprint density at radius 2 is 1.48 bits per heavy atom. The van der Waals surface area contributed by atoms with Crippen LogP contribution >= 0.6 is 0 Å². The van der Waals surface area contributed by atoms with E-state index in [-0.39, 0.29) is 24.3 Å². The minimum absolute atomic E-state index is 0.0529. The molecule has 0 aliphatic heterocycles. The maximum Gasteiger partial charge on any atom is 0.408 e. The first-order valence-corrected chi connectivity index (χ1v) is 14.3. The fourth-order valence-electron chi connectivity index (χ4n) is 4.93. The summed E-state index contributed by atoms with van der Waals surface area (Å²) >= 11 is 0. The van der Waals surface area contributed by atoms with Crippen LogP contribution in [0.1, 0.15) is 96.5 Å². The molecular formula is C33H49N3O4. The fraction of sp³-hybridized carbons (Fsp3) is 0.545. The molecule has 0 aliphatic rings. The first-order chi connectivity index (χ1) is 18.5. The molecule has 0 spiro atoms. The monoisotopic (exact) mass is 551 g/mol. The second-order valence-electron chi connectivity index (χ2n) is 12.8. The van der Waals surface area contributed by atoms with E-state index in [1.54, 1.807) is 25.7 Å². The van der Waals surface area contributed by atoms with E-state index in [0.717, 1.165) is 35.1 Å². The normalized spacial score (nSPS) is 14.1. The summed E-state index contributed by atoms with van der Waals surface area (Å²) in [6, 6.07) is 13.6. The van der Waals surface area contributed by atoms with E-state index >= 15 is 0 Å². The van der Waals surface area contributed by atoms with Gasteiger partial charge in [-0.1, -0.05) is 73.0 Å². The van der Waals surface area contributed by atoms with E-state index < -0.39 is 29.3 Å². The maximum atomic E-state index is 14.6. The van der Waals surface area contributed by atoms with Gasteiger partial charge in [0.05, 0.1) is 0 Å². The lowest BCUT2D eigenvalue weighted by molar-refractivity contribution is -0.148. The van der Waals surface area contributed by atoms with Crippen molar-refractivity contribution in [3.63, 3.8) is 0 Å². The Morgan fingerprint density at radius 3 is 1.98 bits per heavy atom. The number of aryl methyl sites for hydroxylation is 2. The second-order valence-corrected chi connectivity index (χ2v) is 12.8. The summed E-state index contributed by atoms with van der Waals surface area (Å²) in [4.78, 5) is 43.1. The molecule has 3 unspecified atom stereocenters. The van der Waals surface area contributed by atoms with Gasteiger partial charge in [0.2, 0.25) is 11.8 Å². The van der Waals surface area contributed by atoms with E-state index in [4.69, 9.17) is 4.74 Å². The average Bonchev–Trinajstić information content (AvgIpc) is 2.79. The van der Waals surface area contributed by atoms with E-state index in [9.17, 15) is 14.4 Å². The van der Waals surface area contributed by atoms with Gasteiger partial charge >= 0.3 is 6.09 Å². The predicted molar refractivity (Wildman–Crippen MR) is 161 cm³/mol. The van der Waals surface area contributed by atoms with Gasteiger partial charge in [-0.2, -0.15) is 0 Å². The molecule has 0 saturated heterocycles. The molecule has 0 saturated carbocycles. The van der Waals surface area contributed by atoms with Crippen LogP contribution in [0.3, 0.4) is 0 Å². The number of carbonyl (C=O) groups excluding carboxylic acids is 3. The lowest BCUT2D eigenvalue weighted by Gasteiger charge is -2.43. The molecular weight excluding hydrogens is 502 g/mol. The Morgan fingerprint density at radius 1 is 0.900 bits per heavy atom. The van der Waals surface area contributed by atoms with Crippen molar-refractivity contribution in [1.29, 1.82) is 0 Å². The quantitative estimate of drug-likeness (QED) is 0.357. The van der Waals surface area contributed by atoms with Crippen LogP contribution in [0.4, 0.5) is 4.79 Å². The number of alkyl carbamates (subject to hydrolysis) is 1. The molecule has 2 aromatic carbocycles. The topological polar surface area (TPSA) is 87.7 Å². The Hall–Kier alpha value is -3.35. The van der Waals surface area contributed by atoms with Crippen molar-refractivity contribution in [2.75, 3.05) is 0 Å². The van der Waals surface area contributed by atoms with Gasteiger partial charge < -0.3 is 20.3 Å². The molecule has 7 heteroatoms. The number of nitrogens with one attached hydrogen (secondary N) is 2. The Balaban J connectivity index is 2.64. The third kappa shape index (κ3) is 10.00. The zero-order chi connectivity index (χ0) is 30.3. The summed E-state index contributed by atoms with van der Waals surface area (Å²) in [6.07, 6.45) is 1.32. The SMILES string of the molecule is CCCC(C)NC(=O)C(c1cc(C)cc(C)c1)N(C(=O)C(Cc1ccccc1)NC(=O)OC(C)(C)C)C(C)(C)C. The van der Waals surface area contributed by atoms with Crippen molar-refractivity contribution >= 4 is 17.9 Å². The number of benzene rings is 2. The minimum Gasteiger partial charge on any atom is -0.444 e. The van der Waals surface area contributed by atoms with Crippen molar-refractivity contribution in [3.8, 4) is 0 Å². The van der Waals surface area contributed by atoms with Crippen LogP contribution in [-0.4, -0.2) is 46.0 Å². The van der Waals surface area contributed by atoms with Crippen LogP contribution in [0.2, 0.25) is 0 Å². The van der Waals surface area contributed by atoms with Crippen molar-refractivity contribution in [2.45, 2.75) is 118 Å². The minimum atomic E-state index is -0.953. The summed E-state index contributed by atoms with van der Waals surface area (Å²) in [7, 11) is 0. The van der Waals surface area contributed by atoms with Crippen LogP contribution < -0.4 is 10.6 Å². The highest BCUT2D eigenvalue weighted by Crippen LogP contribution is 2.32. The van der Waals surface area contributed by atoms with Gasteiger partial charge in [0.15, 0.2) is 0 Å². The summed E-state index contributed by atoms with van der Waals surface area (Å²) in [5.74, 6) is -0.602. The summed E-state index contributed by atoms with van der Waals surface area (Å²) in [5.41, 5.74) is 2.14. The number of nitrogens with zero attached hydrogens (tertiary/aromatic N) is 1. The van der Waals surface area contributed by atoms with Gasteiger partial charge in [0, 0.05) is 18.0 Å². The maximum absolute atomic E-state index is 14.6. The molecule has 0 heterocycles. The average molecular weight is 552 g/mol. The third-order valence-corrected chi connectivity index (χ3v) is 6.41. The van der Waals surface area contributed by atoms with Crippen LogP contribution in [0, 0.1) is 13.8 Å². The second kappa shape index (κ2) is 13.8. The molecule has 0 aliphatic carbocycles. The van der Waals surface area contributed by atoms with Gasteiger partial charge in [-0.15, -0.1) is 0 Å². The fourth-order valence-corrected chi connectivity index (χ4v) is 4.93. The van der Waals surface area contributed by atoms with E-state index in [1.165, 1.54) is 0 Å². The van der Waals surface area contributed by atoms with E-state index in [1.807, 2.05) is 90.1 Å². The zero-order valence-electron chi connectivity index (χ0n) is 26.1. The summed E-state index contributed by atoms with van der Waals surface area (Å²) in [5, 5.41) is 5.96. The van der Waals surface area contributed by atoms with Crippen LogP contribution in [0.25, 0.3) is 0 Å². The number of amides is 3. The highest BCUT2D eigenvalue weighted by Gasteiger charge is 2.42. The number of ether oxygens (including phenoxy) is 1. The Kier molecular flexibility index (Phi) is 11.4. The van der Waals surface area contributed by atoms with Crippen molar-refractivity contribution in [3.05, 3.63) is 70.8 Å². The molecule has 3 atom stereocenters. The highest BCUT2D eigenvalue weighted by molar-refractivity contribution is 5.93. The molecule has 40 heavy (non-hydrogen) atoms. The van der Waals surface area contributed by atoms with E-state index in [2.05, 4.69) is 17.6 Å². The zero-order valence-corrected chi connectivity index (χ0v) is 26.1. The van der Waals surface area contributed by atoms with Crippen LogP contribution in [0.15, 0.2) is 48.5 Å². The molecule has 0 radical (unpaired) electrons. The molecule has 7 nitrogen and oxygen atoms in total. The largest absolute Gasteiger partial charge is 0.444 e. The van der Waals surface area contributed by atoms with Gasteiger partial charge in [-0.25, -0.2) is 4.79 Å². The van der Waals surface area contributed by atoms with E-state index in [0.29, 0.717) is 0 Å². The third-order valence-electron chi connectivity index (χ3n) is 6.41. The van der Waals surface area contributed by atoms with Crippen LogP contribution in [0.5, 0.6) is 0 Å². The van der Waals surface area contributed by atoms with Crippen molar-refractivity contribution in [2.24, 2.45) is 0 Å². The summed E-state index contributed by atoms with van der Waals surface area (Å²) < 4.78 is 5.52. The number of rotatable bonds is 10. The summed E-state index contributed by atoms with van der Waals surface area (Å²) in [6.45, 7) is 19.1. The van der Waals surface area contributed by atoms with Crippen molar-refractivity contribution < 1.29 is 19.1 Å². The van der Waals surface area contributed by atoms with Gasteiger partial charge in [0.1, 0.15) is 17.7 Å². The Labute approximate surface area is 241 Å². The standard InChI is InChI=1S/C33H49N3O4/c1-11-15-24(4)34-29(37)28(26-19-22(2)18-23(3)20-26)36(32(5,6)7)30(38)27(21-25-16-13-12-14-17-25)35-31(39)40-33(8,9)10/h12-14,16-20,24,27-28H,11,15,21H2,1-10H3,(H,34,37)(H,35,39). The molecule has 3 amide bonds. The lowest BCUT2D eigenvalue weighted by Crippen LogP contribution is -2.59. The first-order valence-electron chi connectivity index (χ1n) is 14.3. The van der Waals surface area contributed by atoms with Gasteiger partial charge in [-0.05, 0) is 79.9 Å². The lowest BCUT2D eigenvalue weighted by atomic mass is 9.92. The molecule has 0 fully saturated rings.